The standard InChI is InChI=1S/C8H6N4O4/c13-6(14)4-1-9-12-5(4)8(7(15)16)2-10-11-3-8/h1-3H,(H,9,12)(H,13,14)(H,15,16). The normalized spacial score (nSPS) is 16.5. The first kappa shape index (κ1) is 10.0. The molecule has 0 spiro atoms. The van der Waals surface area contributed by atoms with E-state index in [4.69, 9.17) is 10.2 Å². The first-order chi connectivity index (χ1) is 7.58. The van der Waals surface area contributed by atoms with Gasteiger partial charge >= 0.3 is 11.9 Å². The average molecular weight is 222 g/mol. The Balaban J connectivity index is 2.62. The molecule has 8 nitrogen and oxygen atoms in total. The highest BCUT2D eigenvalue weighted by molar-refractivity contribution is 6.19. The third-order valence-corrected chi connectivity index (χ3v) is 2.23. The van der Waals surface area contributed by atoms with Gasteiger partial charge in [-0.05, 0) is 0 Å². The lowest BCUT2D eigenvalue weighted by atomic mass is 9.85. The van der Waals surface area contributed by atoms with Gasteiger partial charge in [0.05, 0.1) is 24.3 Å². The van der Waals surface area contributed by atoms with Gasteiger partial charge in [-0.1, -0.05) is 0 Å². The minimum Gasteiger partial charge on any atom is -0.480 e. The second-order valence-corrected chi connectivity index (χ2v) is 3.13. The van der Waals surface area contributed by atoms with Crippen LogP contribution in [0.3, 0.4) is 0 Å². The molecule has 0 aliphatic carbocycles. The summed E-state index contributed by atoms with van der Waals surface area (Å²) in [5, 5.41) is 30.7. The Labute approximate surface area is 88.3 Å². The molecule has 1 aliphatic rings. The SMILES string of the molecule is O=C(O)c1cn[nH]c1C1(C(=O)O)C=NN=C1. The van der Waals surface area contributed by atoms with Crippen molar-refractivity contribution >= 4 is 24.4 Å². The van der Waals surface area contributed by atoms with Crippen molar-refractivity contribution in [1.82, 2.24) is 10.2 Å². The van der Waals surface area contributed by atoms with Crippen LogP contribution < -0.4 is 0 Å². The van der Waals surface area contributed by atoms with Gasteiger partial charge in [0.25, 0.3) is 0 Å². The summed E-state index contributed by atoms with van der Waals surface area (Å²) >= 11 is 0. The number of aromatic amines is 1. The summed E-state index contributed by atoms with van der Waals surface area (Å²) in [5.41, 5.74) is -1.97. The van der Waals surface area contributed by atoms with Crippen molar-refractivity contribution in [3.63, 3.8) is 0 Å². The number of aliphatic carboxylic acids is 1. The monoisotopic (exact) mass is 222 g/mol. The third kappa shape index (κ3) is 1.20. The van der Waals surface area contributed by atoms with Crippen LogP contribution in [0.2, 0.25) is 0 Å². The molecule has 0 radical (unpaired) electrons. The van der Waals surface area contributed by atoms with Gasteiger partial charge in [0.2, 0.25) is 0 Å². The van der Waals surface area contributed by atoms with Gasteiger partial charge in [-0.2, -0.15) is 15.3 Å². The number of nitrogens with one attached hydrogen (secondary N) is 1. The quantitative estimate of drug-likeness (QED) is 0.635. The number of aromatic carboxylic acids is 1. The van der Waals surface area contributed by atoms with Crippen molar-refractivity contribution in [3.8, 4) is 0 Å². The maximum Gasteiger partial charge on any atom is 0.339 e. The van der Waals surface area contributed by atoms with E-state index in [1.165, 1.54) is 0 Å². The first-order valence-electron chi connectivity index (χ1n) is 4.17. The van der Waals surface area contributed by atoms with Crippen LogP contribution in [0.5, 0.6) is 0 Å². The number of nitrogens with zero attached hydrogens (tertiary/aromatic N) is 3. The summed E-state index contributed by atoms with van der Waals surface area (Å²) in [7, 11) is 0. The molecule has 0 saturated heterocycles. The number of aromatic nitrogens is 2. The Morgan fingerprint density at radius 1 is 1.25 bits per heavy atom. The van der Waals surface area contributed by atoms with Crippen LogP contribution in [0.1, 0.15) is 16.1 Å². The van der Waals surface area contributed by atoms with Gasteiger partial charge in [-0.25, -0.2) is 4.79 Å². The topological polar surface area (TPSA) is 128 Å². The van der Waals surface area contributed by atoms with E-state index in [-0.39, 0.29) is 11.3 Å². The summed E-state index contributed by atoms with van der Waals surface area (Å²) in [6.45, 7) is 0. The fourth-order valence-electron chi connectivity index (χ4n) is 1.39. The van der Waals surface area contributed by atoms with Crippen LogP contribution in [0.4, 0.5) is 0 Å². The van der Waals surface area contributed by atoms with Gasteiger partial charge in [-0.15, -0.1) is 0 Å². The molecule has 8 heteroatoms. The average Bonchev–Trinajstić information content (AvgIpc) is 2.87. The molecule has 0 unspecified atom stereocenters. The number of hydrogen-bond acceptors (Lipinski definition) is 5. The highest BCUT2D eigenvalue weighted by atomic mass is 16.4. The van der Waals surface area contributed by atoms with Gasteiger partial charge in [0, 0.05) is 0 Å². The number of rotatable bonds is 3. The van der Waals surface area contributed by atoms with Crippen LogP contribution in [0.15, 0.2) is 16.4 Å². The largest absolute Gasteiger partial charge is 0.480 e. The van der Waals surface area contributed by atoms with E-state index in [0.717, 1.165) is 18.6 Å². The second-order valence-electron chi connectivity index (χ2n) is 3.13. The van der Waals surface area contributed by atoms with E-state index >= 15 is 0 Å². The predicted octanol–water partition coefficient (Wildman–Crippen LogP) is -0.500. The van der Waals surface area contributed by atoms with E-state index < -0.39 is 17.4 Å². The third-order valence-electron chi connectivity index (χ3n) is 2.23. The van der Waals surface area contributed by atoms with Crippen LogP contribution in [-0.4, -0.2) is 44.8 Å². The lowest BCUT2D eigenvalue weighted by Gasteiger charge is -2.15. The summed E-state index contributed by atoms with van der Waals surface area (Å²) < 4.78 is 0. The molecule has 0 saturated carbocycles. The maximum atomic E-state index is 11.2. The number of H-pyrrole nitrogens is 1. The van der Waals surface area contributed by atoms with Crippen molar-refractivity contribution in [2.24, 2.45) is 10.2 Å². The summed E-state index contributed by atoms with van der Waals surface area (Å²) in [4.78, 5) is 22.0. The fraction of sp³-hybridized carbons (Fsp3) is 0.125. The Hall–Kier alpha value is -2.51. The Kier molecular flexibility index (Phi) is 2.04. The van der Waals surface area contributed by atoms with Crippen LogP contribution in [0.25, 0.3) is 0 Å². The Morgan fingerprint density at radius 2 is 1.88 bits per heavy atom. The molecule has 1 aliphatic heterocycles. The minimum absolute atomic E-state index is 0.0718. The van der Waals surface area contributed by atoms with Crippen LogP contribution in [0, 0.1) is 0 Å². The Morgan fingerprint density at radius 3 is 2.38 bits per heavy atom. The van der Waals surface area contributed by atoms with Crippen LogP contribution >= 0.6 is 0 Å². The molecule has 16 heavy (non-hydrogen) atoms. The molecule has 1 aromatic rings. The second kappa shape index (κ2) is 3.26. The fourth-order valence-corrected chi connectivity index (χ4v) is 1.39. The van der Waals surface area contributed by atoms with E-state index in [1.54, 1.807) is 0 Å². The molecule has 82 valence electrons. The summed E-state index contributed by atoms with van der Waals surface area (Å²) in [6.07, 6.45) is 3.15. The van der Waals surface area contributed by atoms with Crippen molar-refractivity contribution in [1.29, 1.82) is 0 Å². The van der Waals surface area contributed by atoms with Crippen molar-refractivity contribution in [2.45, 2.75) is 5.41 Å². The number of carbonyl (C=O) groups is 2. The molecular weight excluding hydrogens is 216 g/mol. The Bertz CT molecular complexity index is 504. The number of carboxylic acids is 2. The predicted molar refractivity (Wildman–Crippen MR) is 51.8 cm³/mol. The zero-order chi connectivity index (χ0) is 11.8. The molecule has 2 rings (SSSR count). The smallest absolute Gasteiger partial charge is 0.339 e. The molecule has 0 atom stereocenters. The zero-order valence-corrected chi connectivity index (χ0v) is 7.78. The maximum absolute atomic E-state index is 11.2. The highest BCUT2D eigenvalue weighted by Crippen LogP contribution is 2.25. The van der Waals surface area contributed by atoms with Gasteiger partial charge in [0.1, 0.15) is 5.56 Å². The molecule has 0 bridgehead atoms. The van der Waals surface area contributed by atoms with E-state index in [2.05, 4.69) is 20.4 Å². The molecule has 1 aromatic heterocycles. The minimum atomic E-state index is -1.68. The van der Waals surface area contributed by atoms with Crippen LogP contribution in [-0.2, 0) is 10.2 Å². The molecule has 3 N–H and O–H groups in total. The molecule has 0 fully saturated rings. The highest BCUT2D eigenvalue weighted by Gasteiger charge is 2.44. The number of carboxylic acid groups (broad SMARTS) is 2. The van der Waals surface area contributed by atoms with Crippen molar-refractivity contribution in [3.05, 3.63) is 17.5 Å². The van der Waals surface area contributed by atoms with Gasteiger partial charge < -0.3 is 10.2 Å². The van der Waals surface area contributed by atoms with E-state index in [0.29, 0.717) is 0 Å². The molecular formula is C8H6N4O4. The lowest BCUT2D eigenvalue weighted by molar-refractivity contribution is -0.138. The number of hydrogen-bond donors (Lipinski definition) is 3. The summed E-state index contributed by atoms with van der Waals surface area (Å²) in [5.74, 6) is -2.54. The van der Waals surface area contributed by atoms with Gasteiger partial charge in [-0.3, -0.25) is 9.89 Å². The van der Waals surface area contributed by atoms with Crippen molar-refractivity contribution in [2.75, 3.05) is 0 Å². The zero-order valence-electron chi connectivity index (χ0n) is 7.78. The molecule has 0 aromatic carbocycles. The molecule has 0 amide bonds. The van der Waals surface area contributed by atoms with E-state index in [9.17, 15) is 9.59 Å². The van der Waals surface area contributed by atoms with Gasteiger partial charge in [0.15, 0.2) is 5.41 Å². The lowest BCUT2D eigenvalue weighted by Crippen LogP contribution is -2.39. The summed E-state index contributed by atoms with van der Waals surface area (Å²) in [6, 6.07) is 0. The van der Waals surface area contributed by atoms with Crippen molar-refractivity contribution < 1.29 is 19.8 Å². The molecule has 2 heterocycles. The first-order valence-corrected chi connectivity index (χ1v) is 4.17. The van der Waals surface area contributed by atoms with E-state index in [1.807, 2.05) is 0 Å².